The molecule has 0 radical (unpaired) electrons. The molecule has 8 nitrogen and oxygen atoms in total. The average Bonchev–Trinajstić information content (AvgIpc) is 3.68. The highest BCUT2D eigenvalue weighted by Gasteiger charge is 2.48. The minimum absolute atomic E-state index is 0.0796. The van der Waals surface area contributed by atoms with Gasteiger partial charge in [0.05, 0.1) is 11.6 Å². The number of thioether (sulfide) groups is 1. The molecule has 2 heterocycles. The fourth-order valence-electron chi connectivity index (χ4n) is 5.13. The van der Waals surface area contributed by atoms with Crippen LogP contribution in [0.2, 0.25) is 0 Å². The Kier molecular flexibility index (Phi) is 9.98. The Hall–Kier alpha value is -5.26. The van der Waals surface area contributed by atoms with E-state index in [4.69, 9.17) is 9.47 Å². The van der Waals surface area contributed by atoms with Gasteiger partial charge < -0.3 is 14.6 Å². The van der Waals surface area contributed by atoms with Crippen LogP contribution in [0.4, 0.5) is 9.52 Å². The fraction of sp³-hybridized carbons (Fsp3) is 0.135. The molecule has 11 heteroatoms. The summed E-state index contributed by atoms with van der Waals surface area (Å²) in [6.45, 7) is 6.37. The van der Waals surface area contributed by atoms with Gasteiger partial charge in [0, 0.05) is 11.3 Å². The molecule has 1 aliphatic heterocycles. The third-order valence-electron chi connectivity index (χ3n) is 7.67. The van der Waals surface area contributed by atoms with E-state index in [9.17, 15) is 19.1 Å². The second-order valence-corrected chi connectivity index (χ2v) is 13.0. The Morgan fingerprint density at radius 2 is 1.65 bits per heavy atom. The van der Waals surface area contributed by atoms with Crippen LogP contribution in [-0.4, -0.2) is 33.6 Å². The van der Waals surface area contributed by atoms with Crippen LogP contribution in [0.1, 0.15) is 33.9 Å². The van der Waals surface area contributed by atoms with Crippen LogP contribution in [0.5, 0.6) is 11.5 Å². The monoisotopic (exact) mass is 679 g/mol. The normalized spacial score (nSPS) is 15.5. The third-order valence-corrected chi connectivity index (χ3v) is 9.80. The number of ketones is 1. The van der Waals surface area contributed by atoms with Gasteiger partial charge in [-0.1, -0.05) is 84.3 Å². The van der Waals surface area contributed by atoms with Crippen LogP contribution in [0.25, 0.3) is 5.76 Å². The number of aliphatic hydroxyl groups excluding tert-OH is 1. The first kappa shape index (κ1) is 32.7. The molecule has 1 amide bonds. The number of amides is 1. The maximum Gasteiger partial charge on any atom is 0.301 e. The van der Waals surface area contributed by atoms with E-state index < -0.39 is 17.7 Å². The lowest BCUT2D eigenvalue weighted by Gasteiger charge is -2.22. The van der Waals surface area contributed by atoms with Crippen molar-refractivity contribution in [2.75, 3.05) is 11.5 Å². The average molecular weight is 680 g/mol. The first-order valence-corrected chi connectivity index (χ1v) is 16.8. The van der Waals surface area contributed by atoms with Crippen molar-refractivity contribution in [3.05, 3.63) is 149 Å². The van der Waals surface area contributed by atoms with Crippen molar-refractivity contribution in [2.24, 2.45) is 0 Å². The van der Waals surface area contributed by atoms with Crippen LogP contribution >= 0.6 is 23.1 Å². The highest BCUT2D eigenvalue weighted by Crippen LogP contribution is 2.44. The predicted molar refractivity (Wildman–Crippen MR) is 185 cm³/mol. The number of hydrogen-bond donors (Lipinski definition) is 1. The van der Waals surface area contributed by atoms with Crippen molar-refractivity contribution >= 4 is 45.7 Å². The summed E-state index contributed by atoms with van der Waals surface area (Å²) in [6, 6.07) is 26.7. The molecule has 6 rings (SSSR count). The Bertz CT molecular complexity index is 1980. The Labute approximate surface area is 285 Å². The largest absolute Gasteiger partial charge is 0.507 e. The summed E-state index contributed by atoms with van der Waals surface area (Å²) in [5, 5.41) is 20.3. The molecule has 1 fully saturated rings. The summed E-state index contributed by atoms with van der Waals surface area (Å²) in [7, 11) is 0. The Morgan fingerprint density at radius 3 is 2.35 bits per heavy atom. The number of carbonyl (C=O) groups is 2. The third kappa shape index (κ3) is 7.17. The molecule has 4 aromatic carbocycles. The molecule has 242 valence electrons. The van der Waals surface area contributed by atoms with E-state index in [1.807, 2.05) is 31.2 Å². The Morgan fingerprint density at radius 1 is 0.958 bits per heavy atom. The second kappa shape index (κ2) is 14.7. The highest BCUT2D eigenvalue weighted by molar-refractivity contribution is 8.00. The number of benzene rings is 4. The van der Waals surface area contributed by atoms with Gasteiger partial charge in [0.15, 0.2) is 4.34 Å². The number of aryl methyl sites for hydroxylation is 1. The molecule has 1 saturated heterocycles. The zero-order chi connectivity index (χ0) is 33.6. The summed E-state index contributed by atoms with van der Waals surface area (Å²) in [5.74, 6) is -0.658. The van der Waals surface area contributed by atoms with Crippen molar-refractivity contribution < 1.29 is 28.6 Å². The van der Waals surface area contributed by atoms with Gasteiger partial charge in [-0.2, -0.15) is 0 Å². The topological polar surface area (TPSA) is 102 Å². The van der Waals surface area contributed by atoms with Crippen LogP contribution in [0.15, 0.2) is 120 Å². The van der Waals surface area contributed by atoms with E-state index in [1.54, 1.807) is 66.7 Å². The van der Waals surface area contributed by atoms with Crippen molar-refractivity contribution in [1.29, 1.82) is 0 Å². The molecule has 1 aromatic heterocycles. The van der Waals surface area contributed by atoms with Gasteiger partial charge in [-0.15, -0.1) is 10.2 Å². The summed E-state index contributed by atoms with van der Waals surface area (Å²) >= 11 is 2.53. The van der Waals surface area contributed by atoms with Crippen LogP contribution in [-0.2, 0) is 21.9 Å². The van der Waals surface area contributed by atoms with Gasteiger partial charge in [0.1, 0.15) is 36.3 Å². The van der Waals surface area contributed by atoms with Gasteiger partial charge in [-0.25, -0.2) is 4.39 Å². The molecule has 1 N–H and O–H groups in total. The first-order valence-electron chi connectivity index (χ1n) is 15.0. The SMILES string of the molecule is C=CCOc1ccc(C2C(=C(O)c3ccc(OCc4ccccc4C)cc3)C(=O)C(=O)N2c2nnc(SCc3ccc(F)cc3)s2)cc1. The lowest BCUT2D eigenvalue weighted by molar-refractivity contribution is -0.132. The molecule has 1 aliphatic rings. The minimum Gasteiger partial charge on any atom is -0.507 e. The predicted octanol–water partition coefficient (Wildman–Crippen LogP) is 8.05. The molecule has 0 bridgehead atoms. The molecule has 1 unspecified atom stereocenters. The van der Waals surface area contributed by atoms with E-state index in [0.29, 0.717) is 45.9 Å². The summed E-state index contributed by atoms with van der Waals surface area (Å²) in [6.07, 6.45) is 1.63. The molecular weight excluding hydrogens is 650 g/mol. The number of aliphatic hydroxyl groups is 1. The zero-order valence-corrected chi connectivity index (χ0v) is 27.5. The van der Waals surface area contributed by atoms with E-state index in [0.717, 1.165) is 28.0 Å². The van der Waals surface area contributed by atoms with Crippen LogP contribution in [0.3, 0.4) is 0 Å². The highest BCUT2D eigenvalue weighted by atomic mass is 32.2. The number of halogens is 1. The number of nitrogens with zero attached hydrogens (tertiary/aromatic N) is 3. The fourth-order valence-corrected chi connectivity index (χ4v) is 6.95. The van der Waals surface area contributed by atoms with E-state index in [-0.39, 0.29) is 22.3 Å². The number of Topliss-reactive ketones (excluding diaryl/α,β-unsaturated/α-hetero) is 1. The number of aromatic nitrogens is 2. The van der Waals surface area contributed by atoms with Crippen LogP contribution in [0, 0.1) is 12.7 Å². The molecule has 0 spiro atoms. The maximum absolute atomic E-state index is 13.7. The number of hydrogen-bond acceptors (Lipinski definition) is 9. The maximum atomic E-state index is 13.7. The van der Waals surface area contributed by atoms with Crippen molar-refractivity contribution in [3.63, 3.8) is 0 Å². The Balaban J connectivity index is 1.31. The number of carbonyl (C=O) groups excluding carboxylic acids is 2. The molecule has 5 aromatic rings. The molecular formula is C37H30FN3O5S2. The summed E-state index contributed by atoms with van der Waals surface area (Å²) < 4.78 is 25.5. The van der Waals surface area contributed by atoms with E-state index >= 15 is 0 Å². The number of ether oxygens (including phenoxy) is 2. The van der Waals surface area contributed by atoms with Crippen molar-refractivity contribution in [3.8, 4) is 11.5 Å². The standard InChI is InChI=1S/C37H30FN3O5S2/c1-3-20-45-29-16-10-25(11-17-29)32-31(33(42)26-12-18-30(19-13-26)46-21-27-7-5-4-6-23(27)2)34(43)35(44)41(32)36-39-40-37(48-36)47-22-24-8-14-28(38)15-9-24/h3-19,32,42H,1,20-22H2,2H3. The lowest BCUT2D eigenvalue weighted by atomic mass is 9.95. The van der Waals surface area contributed by atoms with Crippen LogP contribution < -0.4 is 14.4 Å². The smallest absolute Gasteiger partial charge is 0.301 e. The molecule has 0 aliphatic carbocycles. The molecule has 48 heavy (non-hydrogen) atoms. The lowest BCUT2D eigenvalue weighted by Crippen LogP contribution is -2.29. The second-order valence-electron chi connectivity index (χ2n) is 10.8. The van der Waals surface area contributed by atoms with Gasteiger partial charge in [0.25, 0.3) is 5.78 Å². The van der Waals surface area contributed by atoms with Crippen molar-refractivity contribution in [1.82, 2.24) is 10.2 Å². The minimum atomic E-state index is -0.988. The summed E-state index contributed by atoms with van der Waals surface area (Å²) in [5.41, 5.74) is 3.90. The number of rotatable bonds is 12. The first-order chi connectivity index (χ1) is 23.3. The molecule has 1 atom stereocenters. The quantitative estimate of drug-likeness (QED) is 0.0353. The van der Waals surface area contributed by atoms with Gasteiger partial charge in [-0.05, 0) is 77.7 Å². The van der Waals surface area contributed by atoms with Gasteiger partial charge >= 0.3 is 5.91 Å². The number of anilines is 1. The zero-order valence-electron chi connectivity index (χ0n) is 25.8. The van der Waals surface area contributed by atoms with Gasteiger partial charge in [0.2, 0.25) is 5.13 Å². The van der Waals surface area contributed by atoms with Gasteiger partial charge in [-0.3, -0.25) is 14.5 Å². The molecule has 0 saturated carbocycles. The van der Waals surface area contributed by atoms with Crippen molar-refractivity contribution in [2.45, 2.75) is 29.7 Å². The van der Waals surface area contributed by atoms with E-state index in [2.05, 4.69) is 16.8 Å². The van der Waals surface area contributed by atoms with E-state index in [1.165, 1.54) is 28.8 Å². The summed E-state index contributed by atoms with van der Waals surface area (Å²) in [4.78, 5) is 28.6.